The van der Waals surface area contributed by atoms with Crippen LogP contribution >= 0.6 is 11.6 Å². The van der Waals surface area contributed by atoms with Crippen molar-refractivity contribution in [2.24, 2.45) is 0 Å². The molecule has 0 fully saturated rings. The fourth-order valence-electron chi connectivity index (χ4n) is 1.42. The first-order valence-corrected chi connectivity index (χ1v) is 5.27. The van der Waals surface area contributed by atoms with E-state index in [1.165, 1.54) is 6.92 Å². The van der Waals surface area contributed by atoms with E-state index >= 15 is 0 Å². The van der Waals surface area contributed by atoms with Gasteiger partial charge in [0, 0.05) is 22.3 Å². The molecule has 1 aromatic heterocycles. The third-order valence-corrected chi connectivity index (χ3v) is 2.53. The zero-order valence-corrected chi connectivity index (χ0v) is 9.53. The van der Waals surface area contributed by atoms with Gasteiger partial charge in [0.15, 0.2) is 5.78 Å². The molecule has 0 saturated carbocycles. The van der Waals surface area contributed by atoms with Gasteiger partial charge in [-0.2, -0.15) is 0 Å². The van der Waals surface area contributed by atoms with E-state index in [1.54, 1.807) is 12.3 Å². The van der Waals surface area contributed by atoms with E-state index in [1.807, 2.05) is 30.3 Å². The summed E-state index contributed by atoms with van der Waals surface area (Å²) in [6.07, 6.45) is 1.58. The number of hydrogen-bond acceptors (Lipinski definition) is 2. The van der Waals surface area contributed by atoms with Crippen LogP contribution in [0, 0.1) is 0 Å². The van der Waals surface area contributed by atoms with Crippen molar-refractivity contribution in [2.75, 3.05) is 0 Å². The summed E-state index contributed by atoms with van der Waals surface area (Å²) in [4.78, 5) is 15.3. The first-order chi connectivity index (χ1) is 7.66. The summed E-state index contributed by atoms with van der Waals surface area (Å²) >= 11 is 5.89. The molecule has 2 nitrogen and oxygen atoms in total. The Labute approximate surface area is 98.9 Å². The predicted octanol–water partition coefficient (Wildman–Crippen LogP) is 3.60. The van der Waals surface area contributed by atoms with E-state index in [0.29, 0.717) is 10.6 Å². The second-order valence-corrected chi connectivity index (χ2v) is 3.94. The highest BCUT2D eigenvalue weighted by Gasteiger charge is 2.02. The molecule has 0 N–H and O–H groups in total. The predicted molar refractivity (Wildman–Crippen MR) is 64.7 cm³/mol. The number of aromatic nitrogens is 1. The summed E-state index contributed by atoms with van der Waals surface area (Å²) in [6.45, 7) is 1.52. The summed E-state index contributed by atoms with van der Waals surface area (Å²) < 4.78 is 0. The molecule has 3 heteroatoms. The number of hydrogen-bond donors (Lipinski definition) is 0. The second kappa shape index (κ2) is 4.45. The van der Waals surface area contributed by atoms with E-state index in [0.717, 1.165) is 11.3 Å². The van der Waals surface area contributed by atoms with Gasteiger partial charge in [0.2, 0.25) is 0 Å². The van der Waals surface area contributed by atoms with E-state index in [9.17, 15) is 4.79 Å². The smallest absolute Gasteiger partial charge is 0.161 e. The van der Waals surface area contributed by atoms with Gasteiger partial charge in [-0.05, 0) is 31.2 Å². The summed E-state index contributed by atoms with van der Waals surface area (Å²) in [5, 5.41) is 0.676. The molecule has 0 aliphatic carbocycles. The monoisotopic (exact) mass is 231 g/mol. The molecule has 80 valence electrons. The van der Waals surface area contributed by atoms with Crippen LogP contribution in [0.25, 0.3) is 11.3 Å². The molecule has 0 unspecified atom stereocenters. The Kier molecular flexibility index (Phi) is 3.02. The lowest BCUT2D eigenvalue weighted by Crippen LogP contribution is -1.93. The van der Waals surface area contributed by atoms with Crippen LogP contribution in [0.1, 0.15) is 17.3 Å². The van der Waals surface area contributed by atoms with E-state index in [2.05, 4.69) is 4.98 Å². The molecule has 0 aliphatic heterocycles. The standard InChI is InChI=1S/C13H10ClNO/c1-9(16)11-5-6-13(15-8-11)10-3-2-4-12(14)7-10/h2-8H,1H3. The van der Waals surface area contributed by atoms with Crippen molar-refractivity contribution in [3.05, 3.63) is 53.2 Å². The first kappa shape index (κ1) is 10.8. The molecule has 0 atom stereocenters. The van der Waals surface area contributed by atoms with Gasteiger partial charge in [0.1, 0.15) is 0 Å². The highest BCUT2D eigenvalue weighted by molar-refractivity contribution is 6.30. The normalized spacial score (nSPS) is 10.1. The van der Waals surface area contributed by atoms with Crippen molar-refractivity contribution in [1.82, 2.24) is 4.98 Å². The van der Waals surface area contributed by atoms with Crippen LogP contribution in [0.3, 0.4) is 0 Å². The molecule has 0 amide bonds. The van der Waals surface area contributed by atoms with Gasteiger partial charge in [-0.15, -0.1) is 0 Å². The molecule has 2 aromatic rings. The highest BCUT2D eigenvalue weighted by Crippen LogP contribution is 2.20. The van der Waals surface area contributed by atoms with Crippen LogP contribution in [0.5, 0.6) is 0 Å². The number of halogens is 1. The van der Waals surface area contributed by atoms with Crippen molar-refractivity contribution in [2.45, 2.75) is 6.92 Å². The average Bonchev–Trinajstić information content (AvgIpc) is 2.29. The number of carbonyl (C=O) groups excluding carboxylic acids is 1. The van der Waals surface area contributed by atoms with Crippen molar-refractivity contribution in [1.29, 1.82) is 0 Å². The van der Waals surface area contributed by atoms with Gasteiger partial charge in [0.25, 0.3) is 0 Å². The lowest BCUT2D eigenvalue weighted by Gasteiger charge is -2.02. The Hall–Kier alpha value is -1.67. The number of nitrogens with zero attached hydrogens (tertiary/aromatic N) is 1. The number of carbonyl (C=O) groups is 1. The van der Waals surface area contributed by atoms with E-state index < -0.39 is 0 Å². The first-order valence-electron chi connectivity index (χ1n) is 4.90. The minimum Gasteiger partial charge on any atom is -0.294 e. The molecule has 0 bridgehead atoms. The molecule has 0 spiro atoms. The SMILES string of the molecule is CC(=O)c1ccc(-c2cccc(Cl)c2)nc1. The van der Waals surface area contributed by atoms with Crippen LogP contribution in [0.15, 0.2) is 42.6 Å². The maximum Gasteiger partial charge on any atom is 0.161 e. The number of ketones is 1. The number of Topliss-reactive ketones (excluding diaryl/α,β-unsaturated/α-hetero) is 1. The van der Waals surface area contributed by atoms with E-state index in [4.69, 9.17) is 11.6 Å². The Morgan fingerprint density at radius 1 is 1.25 bits per heavy atom. The molecule has 0 aliphatic rings. The lowest BCUT2D eigenvalue weighted by molar-refractivity contribution is 0.101. The zero-order valence-electron chi connectivity index (χ0n) is 8.77. The van der Waals surface area contributed by atoms with E-state index in [-0.39, 0.29) is 5.78 Å². The topological polar surface area (TPSA) is 30.0 Å². The van der Waals surface area contributed by atoms with Crippen molar-refractivity contribution < 1.29 is 4.79 Å². The number of rotatable bonds is 2. The minimum absolute atomic E-state index is 0.0187. The van der Waals surface area contributed by atoms with Gasteiger partial charge < -0.3 is 0 Å². The van der Waals surface area contributed by atoms with Crippen LogP contribution in [0.2, 0.25) is 5.02 Å². The fourth-order valence-corrected chi connectivity index (χ4v) is 1.61. The van der Waals surface area contributed by atoms with Gasteiger partial charge in [-0.25, -0.2) is 0 Å². The number of pyridine rings is 1. The van der Waals surface area contributed by atoms with Crippen LogP contribution in [-0.4, -0.2) is 10.8 Å². The third-order valence-electron chi connectivity index (χ3n) is 2.29. The van der Waals surface area contributed by atoms with Gasteiger partial charge >= 0.3 is 0 Å². The van der Waals surface area contributed by atoms with Gasteiger partial charge in [0.05, 0.1) is 5.69 Å². The largest absolute Gasteiger partial charge is 0.294 e. The Morgan fingerprint density at radius 2 is 2.06 bits per heavy atom. The zero-order chi connectivity index (χ0) is 11.5. The molecule has 0 saturated heterocycles. The maximum absolute atomic E-state index is 11.1. The van der Waals surface area contributed by atoms with Gasteiger partial charge in [-0.1, -0.05) is 23.7 Å². The summed E-state index contributed by atoms with van der Waals surface area (Å²) in [7, 11) is 0. The second-order valence-electron chi connectivity index (χ2n) is 3.50. The van der Waals surface area contributed by atoms with Crippen molar-refractivity contribution >= 4 is 17.4 Å². The molecule has 1 heterocycles. The molecular formula is C13H10ClNO. The molecule has 16 heavy (non-hydrogen) atoms. The van der Waals surface area contributed by atoms with Crippen molar-refractivity contribution in [3.8, 4) is 11.3 Å². The summed E-state index contributed by atoms with van der Waals surface area (Å²) in [5.41, 5.74) is 2.38. The van der Waals surface area contributed by atoms with Crippen molar-refractivity contribution in [3.63, 3.8) is 0 Å². The van der Waals surface area contributed by atoms with Crippen LogP contribution in [-0.2, 0) is 0 Å². The molecule has 0 radical (unpaired) electrons. The molecular weight excluding hydrogens is 222 g/mol. The summed E-state index contributed by atoms with van der Waals surface area (Å²) in [5.74, 6) is 0.0187. The summed E-state index contributed by atoms with van der Waals surface area (Å²) in [6, 6.07) is 11.1. The minimum atomic E-state index is 0.0187. The highest BCUT2D eigenvalue weighted by atomic mass is 35.5. The quantitative estimate of drug-likeness (QED) is 0.739. The Bertz CT molecular complexity index is 520. The third kappa shape index (κ3) is 2.28. The number of benzene rings is 1. The van der Waals surface area contributed by atoms with Crippen LogP contribution < -0.4 is 0 Å². The molecule has 2 rings (SSSR count). The van der Waals surface area contributed by atoms with Gasteiger partial charge in [-0.3, -0.25) is 9.78 Å². The molecule has 1 aromatic carbocycles. The lowest BCUT2D eigenvalue weighted by atomic mass is 10.1. The fraction of sp³-hybridized carbons (Fsp3) is 0.0769. The Balaban J connectivity index is 2.38. The average molecular weight is 232 g/mol. The maximum atomic E-state index is 11.1. The van der Waals surface area contributed by atoms with Crippen LogP contribution in [0.4, 0.5) is 0 Å². The Morgan fingerprint density at radius 3 is 2.62 bits per heavy atom.